The number of aromatic nitrogens is 2. The Hall–Kier alpha value is -1.14. The highest BCUT2D eigenvalue weighted by Crippen LogP contribution is 2.18. The molecule has 0 aliphatic carbocycles. The van der Waals surface area contributed by atoms with Crippen LogP contribution in [0.15, 0.2) is 28.1 Å². The molecule has 1 N–H and O–H groups in total. The number of nitrogens with one attached hydrogen (secondary N) is 1. The third-order valence-corrected chi connectivity index (χ3v) is 3.69. The summed E-state index contributed by atoms with van der Waals surface area (Å²) in [5.41, 5.74) is 3.83. The van der Waals surface area contributed by atoms with E-state index >= 15 is 0 Å². The fourth-order valence-electron chi connectivity index (χ4n) is 1.97. The van der Waals surface area contributed by atoms with E-state index in [0.717, 1.165) is 18.8 Å². The Morgan fingerprint density at radius 3 is 2.83 bits per heavy atom. The van der Waals surface area contributed by atoms with Crippen LogP contribution in [-0.4, -0.2) is 27.9 Å². The van der Waals surface area contributed by atoms with E-state index in [4.69, 9.17) is 0 Å². The van der Waals surface area contributed by atoms with Gasteiger partial charge < -0.3 is 5.43 Å². The molecule has 98 valence electrons. The molecule has 5 nitrogen and oxygen atoms in total. The molecule has 1 saturated heterocycles. The average Bonchev–Trinajstić information content (AvgIpc) is 2.40. The Morgan fingerprint density at radius 2 is 2.17 bits per heavy atom. The fraction of sp³-hybridized carbons (Fsp3) is 0.500. The summed E-state index contributed by atoms with van der Waals surface area (Å²) < 4.78 is 1.89. The van der Waals surface area contributed by atoms with E-state index in [0.29, 0.717) is 11.0 Å². The summed E-state index contributed by atoms with van der Waals surface area (Å²) in [5.74, 6) is 0. The van der Waals surface area contributed by atoms with Gasteiger partial charge in [-0.3, -0.25) is 4.79 Å². The van der Waals surface area contributed by atoms with Crippen LogP contribution in [0.4, 0.5) is 5.69 Å². The van der Waals surface area contributed by atoms with Crippen LogP contribution in [0.2, 0.25) is 0 Å². The molecule has 1 aliphatic rings. The first-order valence-electron chi connectivity index (χ1n) is 6.10. The number of allylic oxidation sites excluding steroid dienone is 1. The molecular weight excluding hydrogens is 296 g/mol. The number of hydrogen-bond acceptors (Lipinski definition) is 4. The summed E-state index contributed by atoms with van der Waals surface area (Å²) in [7, 11) is 0. The second-order valence-electron chi connectivity index (χ2n) is 4.31. The topological polar surface area (TPSA) is 50.2 Å². The van der Waals surface area contributed by atoms with Gasteiger partial charge in [0, 0.05) is 13.1 Å². The summed E-state index contributed by atoms with van der Waals surface area (Å²) in [6.45, 7) is 6.03. The standard InChI is InChI=1S/C12H17BrN4O/c1-2-6-17-12(18)11(13)10(9-14-17)15-16-7-4-3-5-8-16/h2,9,15H,1,3-8H2. The van der Waals surface area contributed by atoms with Crippen LogP contribution < -0.4 is 11.0 Å². The molecule has 2 rings (SSSR count). The lowest BCUT2D eigenvalue weighted by Gasteiger charge is -2.28. The van der Waals surface area contributed by atoms with Crippen molar-refractivity contribution in [3.8, 4) is 0 Å². The van der Waals surface area contributed by atoms with Gasteiger partial charge in [0.25, 0.3) is 5.56 Å². The van der Waals surface area contributed by atoms with E-state index < -0.39 is 0 Å². The number of halogens is 1. The largest absolute Gasteiger partial charge is 0.316 e. The summed E-state index contributed by atoms with van der Waals surface area (Å²) in [4.78, 5) is 12.0. The number of piperidine rings is 1. The van der Waals surface area contributed by atoms with Crippen LogP contribution in [0.1, 0.15) is 19.3 Å². The molecule has 0 saturated carbocycles. The SMILES string of the molecule is C=CCn1ncc(NN2CCCCC2)c(Br)c1=O. The maximum absolute atomic E-state index is 12.0. The second kappa shape index (κ2) is 6.15. The van der Waals surface area contributed by atoms with Crippen LogP contribution in [0, 0.1) is 0 Å². The van der Waals surface area contributed by atoms with E-state index in [1.807, 2.05) is 0 Å². The molecule has 0 spiro atoms. The maximum Gasteiger partial charge on any atom is 0.283 e. The first-order chi connectivity index (χ1) is 8.72. The van der Waals surface area contributed by atoms with Crippen molar-refractivity contribution >= 4 is 21.6 Å². The third kappa shape index (κ3) is 3.00. The van der Waals surface area contributed by atoms with Crippen LogP contribution >= 0.6 is 15.9 Å². The molecular formula is C12H17BrN4O. The summed E-state index contributed by atoms with van der Waals surface area (Å²) >= 11 is 3.33. The number of nitrogens with zero attached hydrogens (tertiary/aromatic N) is 3. The van der Waals surface area contributed by atoms with E-state index in [9.17, 15) is 4.79 Å². The number of hydrazine groups is 1. The van der Waals surface area contributed by atoms with E-state index in [2.05, 4.69) is 38.0 Å². The van der Waals surface area contributed by atoms with E-state index in [-0.39, 0.29) is 5.56 Å². The van der Waals surface area contributed by atoms with Crippen molar-refractivity contribution in [1.82, 2.24) is 14.8 Å². The molecule has 0 radical (unpaired) electrons. The maximum atomic E-state index is 12.0. The smallest absolute Gasteiger partial charge is 0.283 e. The Morgan fingerprint density at radius 1 is 1.44 bits per heavy atom. The number of anilines is 1. The van der Waals surface area contributed by atoms with E-state index in [1.165, 1.54) is 23.9 Å². The Kier molecular flexibility index (Phi) is 4.54. The zero-order valence-corrected chi connectivity index (χ0v) is 11.8. The lowest BCUT2D eigenvalue weighted by Crippen LogP contribution is -2.36. The Balaban J connectivity index is 2.15. The van der Waals surface area contributed by atoms with Crippen molar-refractivity contribution in [2.24, 2.45) is 0 Å². The first-order valence-corrected chi connectivity index (χ1v) is 6.90. The van der Waals surface area contributed by atoms with Crippen LogP contribution in [0.3, 0.4) is 0 Å². The van der Waals surface area contributed by atoms with Gasteiger partial charge in [-0.05, 0) is 28.8 Å². The first kappa shape index (κ1) is 13.3. The van der Waals surface area contributed by atoms with Gasteiger partial charge in [0.1, 0.15) is 4.47 Å². The van der Waals surface area contributed by atoms with Gasteiger partial charge in [-0.15, -0.1) is 6.58 Å². The van der Waals surface area contributed by atoms with Gasteiger partial charge in [0.2, 0.25) is 0 Å². The van der Waals surface area contributed by atoms with Gasteiger partial charge >= 0.3 is 0 Å². The average molecular weight is 313 g/mol. The minimum absolute atomic E-state index is 0.142. The van der Waals surface area contributed by atoms with Crippen LogP contribution in [-0.2, 0) is 6.54 Å². The van der Waals surface area contributed by atoms with Crippen LogP contribution in [0.25, 0.3) is 0 Å². The van der Waals surface area contributed by atoms with Gasteiger partial charge in [-0.25, -0.2) is 9.69 Å². The molecule has 0 amide bonds. The summed E-state index contributed by atoms with van der Waals surface area (Å²) in [6, 6.07) is 0. The third-order valence-electron chi connectivity index (χ3n) is 2.92. The minimum Gasteiger partial charge on any atom is -0.316 e. The quantitative estimate of drug-likeness (QED) is 0.864. The molecule has 0 atom stereocenters. The molecule has 1 aliphatic heterocycles. The fourth-order valence-corrected chi connectivity index (χ4v) is 2.37. The van der Waals surface area contributed by atoms with Gasteiger partial charge in [0.15, 0.2) is 0 Å². The Bertz CT molecular complexity index is 479. The number of rotatable bonds is 4. The zero-order valence-electron chi connectivity index (χ0n) is 10.2. The van der Waals surface area contributed by atoms with Gasteiger partial charge in [0.05, 0.1) is 18.4 Å². The second-order valence-corrected chi connectivity index (χ2v) is 5.10. The molecule has 1 aromatic heterocycles. The summed E-state index contributed by atoms with van der Waals surface area (Å²) in [5, 5.41) is 6.24. The van der Waals surface area contributed by atoms with Crippen LogP contribution in [0.5, 0.6) is 0 Å². The highest BCUT2D eigenvalue weighted by Gasteiger charge is 2.13. The van der Waals surface area contributed by atoms with Crippen molar-refractivity contribution in [1.29, 1.82) is 0 Å². The van der Waals surface area contributed by atoms with Crippen molar-refractivity contribution in [2.45, 2.75) is 25.8 Å². The Labute approximate surface area is 115 Å². The predicted octanol–water partition coefficient (Wildman–Crippen LogP) is 2.00. The van der Waals surface area contributed by atoms with Crippen molar-refractivity contribution in [3.05, 3.63) is 33.7 Å². The molecule has 1 fully saturated rings. The molecule has 0 bridgehead atoms. The van der Waals surface area contributed by atoms with Crippen molar-refractivity contribution in [2.75, 3.05) is 18.5 Å². The van der Waals surface area contributed by atoms with Gasteiger partial charge in [-0.1, -0.05) is 12.5 Å². The molecule has 18 heavy (non-hydrogen) atoms. The highest BCUT2D eigenvalue weighted by atomic mass is 79.9. The number of hydrogen-bond donors (Lipinski definition) is 1. The minimum atomic E-state index is -0.142. The van der Waals surface area contributed by atoms with E-state index in [1.54, 1.807) is 12.3 Å². The molecule has 2 heterocycles. The highest BCUT2D eigenvalue weighted by molar-refractivity contribution is 9.10. The molecule has 0 unspecified atom stereocenters. The molecule has 1 aromatic rings. The summed E-state index contributed by atoms with van der Waals surface area (Å²) in [6.07, 6.45) is 6.97. The monoisotopic (exact) mass is 312 g/mol. The molecule has 0 aromatic carbocycles. The predicted molar refractivity (Wildman–Crippen MR) is 75.4 cm³/mol. The lowest BCUT2D eigenvalue weighted by molar-refractivity contribution is 0.273. The zero-order chi connectivity index (χ0) is 13.0. The lowest BCUT2D eigenvalue weighted by atomic mass is 10.2. The molecule has 6 heteroatoms. The van der Waals surface area contributed by atoms with Crippen molar-refractivity contribution in [3.63, 3.8) is 0 Å². The van der Waals surface area contributed by atoms with Crippen molar-refractivity contribution < 1.29 is 0 Å². The van der Waals surface area contributed by atoms with Gasteiger partial charge in [-0.2, -0.15) is 5.10 Å². The normalized spacial score (nSPS) is 16.5.